The van der Waals surface area contributed by atoms with Crippen LogP contribution in [0.3, 0.4) is 0 Å². The first-order chi connectivity index (χ1) is 14.1. The highest BCUT2D eigenvalue weighted by Gasteiger charge is 2.40. The molecule has 0 bridgehead atoms. The van der Waals surface area contributed by atoms with Crippen LogP contribution in [-0.4, -0.2) is 31.7 Å². The maximum absolute atomic E-state index is 9.66. The maximum atomic E-state index is 9.66. The fourth-order valence-corrected chi connectivity index (χ4v) is 4.82. The van der Waals surface area contributed by atoms with Crippen molar-refractivity contribution in [3.05, 3.63) is 107 Å². The molecule has 0 amide bonds. The van der Waals surface area contributed by atoms with E-state index in [1.807, 2.05) is 36.4 Å². The van der Waals surface area contributed by atoms with Crippen molar-refractivity contribution in [1.82, 2.24) is 0 Å². The highest BCUT2D eigenvalue weighted by Crippen LogP contribution is 2.41. The molecule has 29 heavy (non-hydrogen) atoms. The maximum Gasteiger partial charge on any atom is 0.140 e. The van der Waals surface area contributed by atoms with Crippen LogP contribution in [0.5, 0.6) is 0 Å². The first-order valence-electron chi connectivity index (χ1n) is 10.3. The predicted molar refractivity (Wildman–Crippen MR) is 120 cm³/mol. The molecular weight excluding hydrogens is 357 g/mol. The summed E-state index contributed by atoms with van der Waals surface area (Å²) in [6.07, 6.45) is -0.121. The zero-order chi connectivity index (χ0) is 20.4. The predicted octanol–water partition coefficient (Wildman–Crippen LogP) is 3.01. The quantitative estimate of drug-likeness (QED) is 0.525. The summed E-state index contributed by atoms with van der Waals surface area (Å²) in [5.74, 6) is 0.466. The summed E-state index contributed by atoms with van der Waals surface area (Å²) >= 11 is 0. The second-order valence-electron chi connectivity index (χ2n) is 8.11. The van der Waals surface area contributed by atoms with Crippen LogP contribution in [0.1, 0.15) is 35.1 Å². The van der Waals surface area contributed by atoms with Gasteiger partial charge in [0.1, 0.15) is 7.85 Å². The van der Waals surface area contributed by atoms with Gasteiger partial charge in [-0.3, -0.25) is 0 Å². The van der Waals surface area contributed by atoms with Gasteiger partial charge in [-0.05, 0) is 28.2 Å². The summed E-state index contributed by atoms with van der Waals surface area (Å²) in [5, 5.41) is 9.66. The number of aliphatic hydroxyl groups excluding tert-OH is 1. The number of benzene rings is 3. The molecule has 0 spiro atoms. The molecule has 0 saturated carbocycles. The van der Waals surface area contributed by atoms with Crippen LogP contribution in [0.25, 0.3) is 0 Å². The van der Waals surface area contributed by atoms with Crippen molar-refractivity contribution in [1.29, 1.82) is 0 Å². The van der Waals surface area contributed by atoms with E-state index in [9.17, 15) is 5.11 Å². The van der Waals surface area contributed by atoms with E-state index in [2.05, 4.69) is 63.3 Å². The number of aliphatic hydroxyl groups is 1. The van der Waals surface area contributed by atoms with Crippen LogP contribution in [0.2, 0.25) is 0 Å². The topological polar surface area (TPSA) is 55.5 Å². The molecule has 1 fully saturated rings. The second-order valence-corrected chi connectivity index (χ2v) is 8.11. The molecule has 1 unspecified atom stereocenters. The van der Waals surface area contributed by atoms with Crippen LogP contribution in [0, 0.1) is 5.92 Å². The minimum Gasteiger partial charge on any atom is -0.394 e. The van der Waals surface area contributed by atoms with E-state index in [4.69, 9.17) is 10.5 Å². The largest absolute Gasteiger partial charge is 0.394 e. The lowest BCUT2D eigenvalue weighted by Gasteiger charge is -2.32. The zero-order valence-electron chi connectivity index (χ0n) is 17.0. The third-order valence-electron chi connectivity index (χ3n) is 6.41. The smallest absolute Gasteiger partial charge is 0.140 e. The monoisotopic (exact) mass is 385 g/mol. The fourth-order valence-electron chi connectivity index (χ4n) is 4.82. The number of nitrogens with two attached hydrogens (primary N) is 1. The first kappa shape index (κ1) is 19.9. The van der Waals surface area contributed by atoms with Crippen molar-refractivity contribution < 1.29 is 9.84 Å². The van der Waals surface area contributed by atoms with E-state index in [1.165, 1.54) is 5.56 Å². The zero-order valence-corrected chi connectivity index (χ0v) is 17.0. The molecule has 1 aliphatic rings. The van der Waals surface area contributed by atoms with Gasteiger partial charge in [-0.1, -0.05) is 91.9 Å². The third-order valence-corrected chi connectivity index (χ3v) is 6.41. The van der Waals surface area contributed by atoms with E-state index in [0.29, 0.717) is 0 Å². The third kappa shape index (κ3) is 3.53. The molecule has 3 nitrogen and oxygen atoms in total. The highest BCUT2D eigenvalue weighted by molar-refractivity contribution is 6.11. The van der Waals surface area contributed by atoms with Gasteiger partial charge in [0.05, 0.1) is 18.2 Å². The molecule has 4 heteroatoms. The Labute approximate surface area is 173 Å². The van der Waals surface area contributed by atoms with Crippen molar-refractivity contribution in [2.75, 3.05) is 6.61 Å². The first-order valence-corrected chi connectivity index (χ1v) is 10.3. The Morgan fingerprint density at radius 2 is 1.45 bits per heavy atom. The molecule has 1 saturated heterocycles. The summed E-state index contributed by atoms with van der Waals surface area (Å²) in [6, 6.07) is 29.1. The molecule has 4 atom stereocenters. The molecule has 0 radical (unpaired) electrons. The molecule has 0 aliphatic carbocycles. The lowest BCUT2D eigenvalue weighted by molar-refractivity contribution is 0.0290. The molecule has 1 heterocycles. The van der Waals surface area contributed by atoms with Crippen LogP contribution in [-0.2, 0) is 10.3 Å². The molecule has 4 rings (SSSR count). The number of ether oxygens (including phenoxy) is 1. The Kier molecular flexibility index (Phi) is 5.59. The minimum atomic E-state index is -0.749. The number of hydrogen-bond donors (Lipinski definition) is 2. The fraction of sp³-hybridized carbons (Fsp3) is 0.280. The van der Waals surface area contributed by atoms with Gasteiger partial charge in [-0.2, -0.15) is 0 Å². The van der Waals surface area contributed by atoms with Gasteiger partial charge in [-0.25, -0.2) is 0 Å². The van der Waals surface area contributed by atoms with Crippen molar-refractivity contribution in [3.63, 3.8) is 0 Å². The Bertz CT molecular complexity index is 908. The average molecular weight is 385 g/mol. The minimum absolute atomic E-state index is 0.0521. The highest BCUT2D eigenvalue weighted by atomic mass is 16.5. The van der Waals surface area contributed by atoms with Gasteiger partial charge in [0, 0.05) is 11.9 Å². The number of hydrogen-bond acceptors (Lipinski definition) is 3. The van der Waals surface area contributed by atoms with Gasteiger partial charge >= 0.3 is 0 Å². The van der Waals surface area contributed by atoms with Gasteiger partial charge in [0.2, 0.25) is 0 Å². The van der Waals surface area contributed by atoms with Gasteiger partial charge in [0.15, 0.2) is 0 Å². The SMILES string of the molecule is B[C@@H]1O[C@H](CO)[C@@H](C)C1c1cccc(C(N)(c2ccccc2)c2ccccc2)c1. The molecule has 1 aliphatic heterocycles. The van der Waals surface area contributed by atoms with Gasteiger partial charge < -0.3 is 15.6 Å². The molecular formula is C25H28BNO2. The average Bonchev–Trinajstić information content (AvgIpc) is 3.07. The summed E-state index contributed by atoms with van der Waals surface area (Å²) in [7, 11) is 2.09. The molecule has 3 N–H and O–H groups in total. The normalized spacial score (nSPS) is 24.5. The summed E-state index contributed by atoms with van der Waals surface area (Å²) < 4.78 is 6.00. The lowest BCUT2D eigenvalue weighted by Crippen LogP contribution is -2.39. The van der Waals surface area contributed by atoms with E-state index >= 15 is 0 Å². The van der Waals surface area contributed by atoms with Crippen molar-refractivity contribution in [2.45, 2.75) is 30.5 Å². The van der Waals surface area contributed by atoms with Crippen molar-refractivity contribution in [3.8, 4) is 0 Å². The Morgan fingerprint density at radius 3 is 1.97 bits per heavy atom. The molecule has 0 aromatic heterocycles. The molecule has 3 aromatic rings. The number of rotatable bonds is 5. The summed E-state index contributed by atoms with van der Waals surface area (Å²) in [6.45, 7) is 2.21. The Morgan fingerprint density at radius 1 is 0.897 bits per heavy atom. The summed E-state index contributed by atoms with van der Waals surface area (Å²) in [4.78, 5) is 0. The van der Waals surface area contributed by atoms with Gasteiger partial charge in [-0.15, -0.1) is 0 Å². The molecule has 3 aromatic carbocycles. The van der Waals surface area contributed by atoms with E-state index in [0.717, 1.165) is 16.7 Å². The standard InChI is InChI=1S/C25H28BNO2/c1-17-22(16-28)29-24(26)23(17)18-9-8-14-21(15-18)25(27,19-10-4-2-5-11-19)20-12-6-3-7-13-20/h2-15,17,22-24,28H,16,26-27H2,1H3/t17-,22-,23?,24-/m1/s1. The van der Waals surface area contributed by atoms with Crippen molar-refractivity contribution >= 4 is 7.85 Å². The lowest BCUT2D eigenvalue weighted by atomic mass is 9.73. The van der Waals surface area contributed by atoms with E-state index in [-0.39, 0.29) is 30.5 Å². The molecule has 148 valence electrons. The Hall–Kier alpha value is -2.40. The Balaban J connectivity index is 1.83. The van der Waals surface area contributed by atoms with Crippen LogP contribution in [0.15, 0.2) is 84.9 Å². The van der Waals surface area contributed by atoms with E-state index in [1.54, 1.807) is 0 Å². The van der Waals surface area contributed by atoms with Crippen LogP contribution < -0.4 is 5.73 Å². The van der Waals surface area contributed by atoms with Crippen LogP contribution >= 0.6 is 0 Å². The summed E-state index contributed by atoms with van der Waals surface area (Å²) in [5.41, 5.74) is 10.8. The van der Waals surface area contributed by atoms with Crippen molar-refractivity contribution in [2.24, 2.45) is 11.7 Å². The second kappa shape index (κ2) is 8.15. The van der Waals surface area contributed by atoms with Crippen LogP contribution in [0.4, 0.5) is 0 Å². The van der Waals surface area contributed by atoms with Gasteiger partial charge in [0.25, 0.3) is 0 Å². The van der Waals surface area contributed by atoms with E-state index < -0.39 is 5.54 Å².